The number of quaternary nitrogens is 2. The maximum Gasteiger partial charge on any atom is 0.132 e. The lowest BCUT2D eigenvalue weighted by molar-refractivity contribution is -0.345. The summed E-state index contributed by atoms with van der Waals surface area (Å²) in [7, 11) is 0. The third kappa shape index (κ3) is 8.44. The fourth-order valence-corrected chi connectivity index (χ4v) is 3.93. The Kier molecular flexibility index (Phi) is 13.9. The molecule has 0 amide bonds. The van der Waals surface area contributed by atoms with Crippen molar-refractivity contribution in [2.45, 2.75) is 41.5 Å². The molecule has 0 aliphatic carbocycles. The quantitative estimate of drug-likeness (QED) is 0.463. The lowest BCUT2D eigenvalue weighted by atomic mass is 10.2. The first-order valence-electron chi connectivity index (χ1n) is 11.5. The minimum Gasteiger partial charge on any atom is -0.543 e. The van der Waals surface area contributed by atoms with Crippen LogP contribution in [0, 0.1) is 0 Å². The van der Waals surface area contributed by atoms with Gasteiger partial charge in [0, 0.05) is 0 Å². The van der Waals surface area contributed by atoms with E-state index in [0.29, 0.717) is 0 Å². The molecule has 0 aromatic heterocycles. The summed E-state index contributed by atoms with van der Waals surface area (Å²) in [5.41, 5.74) is 2.88. The van der Waals surface area contributed by atoms with Crippen LogP contribution in [0.1, 0.15) is 41.5 Å². The molecule has 178 valence electrons. The molecule has 6 heteroatoms. The van der Waals surface area contributed by atoms with E-state index in [2.05, 4.69) is 102 Å². The molecule has 0 fully saturated rings. The van der Waals surface area contributed by atoms with Gasteiger partial charge in [-0.25, -0.2) is 0 Å². The number of carbonyl (C=O) groups excluding carboxylic acids is 2. The van der Waals surface area contributed by atoms with E-state index in [1.807, 2.05) is 0 Å². The van der Waals surface area contributed by atoms with E-state index < -0.39 is 11.9 Å². The highest BCUT2D eigenvalue weighted by molar-refractivity contribution is 6.25. The average molecular weight is 445 g/mol. The summed E-state index contributed by atoms with van der Waals surface area (Å²) in [6.45, 7) is 20.6. The second-order valence-corrected chi connectivity index (χ2v) is 7.43. The molecule has 0 spiro atoms. The van der Waals surface area contributed by atoms with Crippen molar-refractivity contribution < 1.29 is 19.8 Å². The number of rotatable bonds is 8. The molecule has 0 radical (unpaired) electrons. The highest BCUT2D eigenvalue weighted by atomic mass is 16.4. The molecule has 0 bridgehead atoms. The lowest BCUT2D eigenvalue weighted by Gasteiger charge is -2.35. The van der Waals surface area contributed by atoms with Gasteiger partial charge in [-0.3, -0.25) is 8.97 Å². The molecule has 2 aromatic rings. The number of nitrogens with zero attached hydrogens (tertiary/aromatic N) is 2. The Bertz CT molecular complexity index is 687. The summed E-state index contributed by atoms with van der Waals surface area (Å²) in [6, 6.07) is 21.6. The van der Waals surface area contributed by atoms with Crippen LogP contribution >= 0.6 is 0 Å². The van der Waals surface area contributed by atoms with Gasteiger partial charge < -0.3 is 19.8 Å². The van der Waals surface area contributed by atoms with E-state index >= 15 is 0 Å². The van der Waals surface area contributed by atoms with Gasteiger partial charge in [0.15, 0.2) is 0 Å². The fourth-order valence-electron chi connectivity index (χ4n) is 3.93. The standard InChI is InChI=1S/2C12H20N.C2H2O4/c2*1-4-13(5-2,6-3)12-10-8-7-9-11-12;3-1(4)2(5)6/h2*7-11H,4-6H2,1-3H3;(H,3,4)(H,5,6)/q2*+1;/p-2. The Morgan fingerprint density at radius 1 is 0.531 bits per heavy atom. The van der Waals surface area contributed by atoms with Gasteiger partial charge in [0.2, 0.25) is 0 Å². The smallest absolute Gasteiger partial charge is 0.132 e. The maximum atomic E-state index is 8.93. The van der Waals surface area contributed by atoms with Crippen LogP contribution in [0.2, 0.25) is 0 Å². The Morgan fingerprint density at radius 2 is 0.750 bits per heavy atom. The molecule has 2 aromatic carbocycles. The van der Waals surface area contributed by atoms with Crippen LogP contribution < -0.4 is 19.2 Å². The zero-order valence-corrected chi connectivity index (χ0v) is 20.5. The second-order valence-electron chi connectivity index (χ2n) is 7.43. The SMILES string of the molecule is CC[N+](CC)(CC)c1ccccc1.CC[N+](CC)(CC)c1ccccc1.O=C([O-])C(=O)[O-]. The number of para-hydroxylation sites is 2. The zero-order valence-electron chi connectivity index (χ0n) is 20.5. The van der Waals surface area contributed by atoms with Crippen molar-refractivity contribution in [1.29, 1.82) is 0 Å². The van der Waals surface area contributed by atoms with Crippen LogP contribution in [0.15, 0.2) is 60.7 Å². The van der Waals surface area contributed by atoms with Crippen LogP contribution in [0.3, 0.4) is 0 Å². The number of carboxylic acid groups (broad SMARTS) is 2. The van der Waals surface area contributed by atoms with E-state index in [1.165, 1.54) is 50.6 Å². The first-order chi connectivity index (χ1) is 15.2. The normalized spacial score (nSPS) is 10.8. The molecule has 6 nitrogen and oxygen atoms in total. The van der Waals surface area contributed by atoms with E-state index in [4.69, 9.17) is 19.8 Å². The summed E-state index contributed by atoms with van der Waals surface area (Å²) < 4.78 is 2.20. The molecular formula is C26H40N2O4. The molecule has 32 heavy (non-hydrogen) atoms. The van der Waals surface area contributed by atoms with Crippen LogP contribution in [0.5, 0.6) is 0 Å². The maximum absolute atomic E-state index is 8.93. The Balaban J connectivity index is 0.000000484. The van der Waals surface area contributed by atoms with Crippen molar-refractivity contribution in [2.24, 2.45) is 0 Å². The van der Waals surface area contributed by atoms with Crippen molar-refractivity contribution in [3.63, 3.8) is 0 Å². The number of hydrogen-bond donors (Lipinski definition) is 0. The summed E-state index contributed by atoms with van der Waals surface area (Å²) in [6.07, 6.45) is 0. The van der Waals surface area contributed by atoms with E-state index in [1.54, 1.807) is 0 Å². The van der Waals surface area contributed by atoms with E-state index in [9.17, 15) is 0 Å². The molecule has 0 N–H and O–H groups in total. The number of hydrogen-bond acceptors (Lipinski definition) is 4. The fraction of sp³-hybridized carbons (Fsp3) is 0.462. The molecule has 2 rings (SSSR count). The van der Waals surface area contributed by atoms with Gasteiger partial charge >= 0.3 is 0 Å². The van der Waals surface area contributed by atoms with Crippen LogP contribution in [-0.2, 0) is 9.59 Å². The van der Waals surface area contributed by atoms with E-state index in [-0.39, 0.29) is 0 Å². The van der Waals surface area contributed by atoms with Crippen molar-refractivity contribution in [2.75, 3.05) is 39.3 Å². The monoisotopic (exact) mass is 444 g/mol. The van der Waals surface area contributed by atoms with Gasteiger partial charge in [0.25, 0.3) is 0 Å². The first-order valence-corrected chi connectivity index (χ1v) is 11.5. The number of carbonyl (C=O) groups is 2. The first kappa shape index (κ1) is 29.3. The summed E-state index contributed by atoms with van der Waals surface area (Å²) >= 11 is 0. The van der Waals surface area contributed by atoms with Gasteiger partial charge in [0.1, 0.15) is 11.4 Å². The van der Waals surface area contributed by atoms with Gasteiger partial charge in [-0.2, -0.15) is 0 Å². The van der Waals surface area contributed by atoms with Crippen molar-refractivity contribution in [1.82, 2.24) is 8.97 Å². The number of aliphatic carboxylic acids is 2. The predicted molar refractivity (Wildman–Crippen MR) is 130 cm³/mol. The second kappa shape index (κ2) is 15.2. The van der Waals surface area contributed by atoms with Crippen LogP contribution in [0.25, 0.3) is 0 Å². The van der Waals surface area contributed by atoms with Gasteiger partial charge in [0.05, 0.1) is 51.2 Å². The molecule has 0 aliphatic rings. The number of carboxylic acids is 2. The summed E-state index contributed by atoms with van der Waals surface area (Å²) in [5, 5.41) is 17.9. The minimum absolute atomic E-state index is 1.10. The summed E-state index contributed by atoms with van der Waals surface area (Å²) in [4.78, 5) is 17.9. The molecule has 0 saturated carbocycles. The average Bonchev–Trinajstić information content (AvgIpc) is 2.84. The van der Waals surface area contributed by atoms with Gasteiger partial charge in [-0.05, 0) is 65.8 Å². The van der Waals surface area contributed by atoms with Crippen molar-refractivity contribution >= 4 is 23.3 Å². The molecule has 0 saturated heterocycles. The van der Waals surface area contributed by atoms with Gasteiger partial charge in [-0.15, -0.1) is 0 Å². The van der Waals surface area contributed by atoms with Gasteiger partial charge in [-0.1, -0.05) is 36.4 Å². The minimum atomic E-state index is -2.19. The van der Waals surface area contributed by atoms with E-state index in [0.717, 1.165) is 8.97 Å². The number of benzene rings is 2. The molecule has 0 unspecified atom stereocenters. The molecular weight excluding hydrogens is 404 g/mol. The highest BCUT2D eigenvalue weighted by Crippen LogP contribution is 2.22. The van der Waals surface area contributed by atoms with Crippen molar-refractivity contribution in [3.05, 3.63) is 60.7 Å². The Labute approximate surface area is 193 Å². The van der Waals surface area contributed by atoms with Crippen LogP contribution in [0.4, 0.5) is 11.4 Å². The third-order valence-corrected chi connectivity index (χ3v) is 6.41. The summed E-state index contributed by atoms with van der Waals surface area (Å²) in [5.74, 6) is -4.37. The molecule has 0 heterocycles. The topological polar surface area (TPSA) is 80.3 Å². The predicted octanol–water partition coefficient (Wildman–Crippen LogP) is 2.59. The zero-order chi connectivity index (χ0) is 24.6. The molecule has 0 atom stereocenters. The van der Waals surface area contributed by atoms with Crippen molar-refractivity contribution in [3.8, 4) is 0 Å². The van der Waals surface area contributed by atoms with Crippen LogP contribution in [-0.4, -0.2) is 51.2 Å². The third-order valence-electron chi connectivity index (χ3n) is 6.41. The lowest BCUT2D eigenvalue weighted by Crippen LogP contribution is -2.48. The Hall–Kier alpha value is -2.70. The largest absolute Gasteiger partial charge is 0.543 e. The Morgan fingerprint density at radius 3 is 0.906 bits per heavy atom. The highest BCUT2D eigenvalue weighted by Gasteiger charge is 2.24. The molecule has 0 aliphatic heterocycles.